The molecule has 0 aliphatic carbocycles. The predicted octanol–water partition coefficient (Wildman–Crippen LogP) is 2.50. The minimum atomic E-state index is 0.459. The molecule has 3 aromatic rings. The Labute approximate surface area is 206 Å². The lowest BCUT2D eigenvalue weighted by Crippen LogP contribution is -2.17. The molecule has 0 aliphatic heterocycles. The molecule has 0 bridgehead atoms. The summed E-state index contributed by atoms with van der Waals surface area (Å²) in [7, 11) is 3.24. The SMILES string of the molecule is COc1cccc(CNc2nc(Cc3ccccc3)nc(NCCOCCOCCN)n2)c1OC. The van der Waals surface area contributed by atoms with Gasteiger partial charge in [-0.1, -0.05) is 42.5 Å². The molecule has 0 radical (unpaired) electrons. The van der Waals surface area contributed by atoms with Gasteiger partial charge >= 0.3 is 0 Å². The van der Waals surface area contributed by atoms with Crippen LogP contribution in [0.4, 0.5) is 11.9 Å². The highest BCUT2D eigenvalue weighted by Gasteiger charge is 2.12. The van der Waals surface area contributed by atoms with Crippen molar-refractivity contribution in [3.63, 3.8) is 0 Å². The normalized spacial score (nSPS) is 10.7. The van der Waals surface area contributed by atoms with Crippen LogP contribution >= 0.6 is 0 Å². The van der Waals surface area contributed by atoms with Crippen molar-refractivity contribution in [2.75, 3.05) is 64.4 Å². The van der Waals surface area contributed by atoms with Gasteiger partial charge < -0.3 is 35.3 Å². The van der Waals surface area contributed by atoms with Gasteiger partial charge in [0, 0.05) is 31.6 Å². The first kappa shape index (κ1) is 26.1. The van der Waals surface area contributed by atoms with E-state index in [9.17, 15) is 0 Å². The summed E-state index contributed by atoms with van der Waals surface area (Å²) >= 11 is 0. The summed E-state index contributed by atoms with van der Waals surface area (Å²) in [5, 5.41) is 6.51. The molecule has 3 rings (SSSR count). The average molecular weight is 483 g/mol. The van der Waals surface area contributed by atoms with E-state index in [1.165, 1.54) is 0 Å². The Morgan fingerprint density at radius 3 is 2.23 bits per heavy atom. The van der Waals surface area contributed by atoms with Crippen LogP contribution in [-0.4, -0.2) is 68.7 Å². The van der Waals surface area contributed by atoms with E-state index >= 15 is 0 Å². The van der Waals surface area contributed by atoms with Crippen LogP contribution in [0.5, 0.6) is 11.5 Å². The number of para-hydroxylation sites is 1. The Hall–Kier alpha value is -3.47. The fraction of sp³-hybridized carbons (Fsp3) is 0.400. The van der Waals surface area contributed by atoms with Gasteiger partial charge in [0.1, 0.15) is 5.82 Å². The zero-order valence-corrected chi connectivity index (χ0v) is 20.3. The molecule has 10 nitrogen and oxygen atoms in total. The highest BCUT2D eigenvalue weighted by molar-refractivity contribution is 5.48. The van der Waals surface area contributed by atoms with Crippen LogP contribution in [0.3, 0.4) is 0 Å². The lowest BCUT2D eigenvalue weighted by molar-refractivity contribution is 0.0547. The van der Waals surface area contributed by atoms with Crippen molar-refractivity contribution < 1.29 is 18.9 Å². The second kappa shape index (κ2) is 14.7. The zero-order chi connectivity index (χ0) is 24.7. The first-order chi connectivity index (χ1) is 17.2. The molecular weight excluding hydrogens is 448 g/mol. The van der Waals surface area contributed by atoms with Crippen LogP contribution in [-0.2, 0) is 22.4 Å². The summed E-state index contributed by atoms with van der Waals surface area (Å²) < 4.78 is 21.8. The third-order valence-corrected chi connectivity index (χ3v) is 4.97. The number of ether oxygens (including phenoxy) is 4. The quantitative estimate of drug-likeness (QED) is 0.262. The summed E-state index contributed by atoms with van der Waals surface area (Å²) in [6.07, 6.45) is 0.587. The molecule has 0 aliphatic rings. The Morgan fingerprint density at radius 2 is 1.51 bits per heavy atom. The minimum absolute atomic E-state index is 0.459. The molecule has 1 aromatic heterocycles. The van der Waals surface area contributed by atoms with Gasteiger partial charge in [0.15, 0.2) is 11.5 Å². The molecule has 0 atom stereocenters. The number of hydrogen-bond acceptors (Lipinski definition) is 10. The topological polar surface area (TPSA) is 126 Å². The van der Waals surface area contributed by atoms with E-state index in [1.54, 1.807) is 14.2 Å². The third kappa shape index (κ3) is 8.67. The van der Waals surface area contributed by atoms with Crippen LogP contribution in [0.2, 0.25) is 0 Å². The average Bonchev–Trinajstić information content (AvgIpc) is 2.89. The first-order valence-corrected chi connectivity index (χ1v) is 11.6. The predicted molar refractivity (Wildman–Crippen MR) is 135 cm³/mol. The molecule has 0 fully saturated rings. The molecule has 10 heteroatoms. The Bertz CT molecular complexity index is 1020. The highest BCUT2D eigenvalue weighted by Crippen LogP contribution is 2.31. The van der Waals surface area contributed by atoms with Crippen molar-refractivity contribution in [1.29, 1.82) is 0 Å². The molecule has 188 valence electrons. The minimum Gasteiger partial charge on any atom is -0.493 e. The van der Waals surface area contributed by atoms with Gasteiger partial charge in [-0.3, -0.25) is 0 Å². The van der Waals surface area contributed by atoms with Crippen molar-refractivity contribution in [2.24, 2.45) is 5.73 Å². The van der Waals surface area contributed by atoms with Gasteiger partial charge in [-0.25, -0.2) is 0 Å². The van der Waals surface area contributed by atoms with Crippen molar-refractivity contribution in [2.45, 2.75) is 13.0 Å². The number of methoxy groups -OCH3 is 2. The Balaban J connectivity index is 1.66. The first-order valence-electron chi connectivity index (χ1n) is 11.6. The third-order valence-electron chi connectivity index (χ3n) is 4.97. The zero-order valence-electron chi connectivity index (χ0n) is 20.3. The highest BCUT2D eigenvalue weighted by atomic mass is 16.5. The summed E-state index contributed by atoms with van der Waals surface area (Å²) in [6, 6.07) is 15.8. The van der Waals surface area contributed by atoms with Gasteiger partial charge in [-0.05, 0) is 11.6 Å². The van der Waals surface area contributed by atoms with Gasteiger partial charge in [-0.2, -0.15) is 15.0 Å². The number of anilines is 2. The van der Waals surface area contributed by atoms with Crippen LogP contribution in [0.25, 0.3) is 0 Å². The summed E-state index contributed by atoms with van der Waals surface area (Å²) in [5.74, 6) is 2.95. The van der Waals surface area contributed by atoms with E-state index in [0.717, 1.165) is 11.1 Å². The molecule has 35 heavy (non-hydrogen) atoms. The van der Waals surface area contributed by atoms with Crippen molar-refractivity contribution in [3.8, 4) is 11.5 Å². The smallest absolute Gasteiger partial charge is 0.228 e. The molecule has 4 N–H and O–H groups in total. The summed E-state index contributed by atoms with van der Waals surface area (Å²) in [5.41, 5.74) is 7.44. The van der Waals surface area contributed by atoms with Crippen molar-refractivity contribution in [1.82, 2.24) is 15.0 Å². The fourth-order valence-corrected chi connectivity index (χ4v) is 3.34. The van der Waals surface area contributed by atoms with E-state index < -0.39 is 0 Å². The molecule has 0 spiro atoms. The van der Waals surface area contributed by atoms with E-state index in [4.69, 9.17) is 24.7 Å². The van der Waals surface area contributed by atoms with Crippen LogP contribution in [0.1, 0.15) is 17.0 Å². The van der Waals surface area contributed by atoms with Crippen molar-refractivity contribution >= 4 is 11.9 Å². The fourth-order valence-electron chi connectivity index (χ4n) is 3.34. The monoisotopic (exact) mass is 482 g/mol. The second-order valence-electron chi connectivity index (χ2n) is 7.51. The molecule has 0 unspecified atom stereocenters. The van der Waals surface area contributed by atoms with E-state index in [1.807, 2.05) is 48.5 Å². The lowest BCUT2D eigenvalue weighted by atomic mass is 10.1. The number of nitrogens with two attached hydrogens (primary N) is 1. The number of hydrogen-bond donors (Lipinski definition) is 3. The lowest BCUT2D eigenvalue weighted by Gasteiger charge is -2.14. The van der Waals surface area contributed by atoms with Crippen LogP contribution < -0.4 is 25.8 Å². The Kier molecular flexibility index (Phi) is 11.0. The molecular formula is C25H34N6O4. The maximum Gasteiger partial charge on any atom is 0.228 e. The molecule has 1 heterocycles. The Morgan fingerprint density at radius 1 is 0.771 bits per heavy atom. The maximum atomic E-state index is 5.57. The van der Waals surface area contributed by atoms with Gasteiger partial charge in [0.2, 0.25) is 11.9 Å². The standard InChI is InChI=1S/C25H34N6O4/c1-32-21-10-6-9-20(23(21)33-2)18-28-25-30-22(17-19-7-4-3-5-8-19)29-24(31-25)27-12-14-35-16-15-34-13-11-26/h3-10H,11-18,26H2,1-2H3,(H2,27,28,29,30,31). The number of nitrogens with one attached hydrogen (secondary N) is 2. The van der Waals surface area contributed by atoms with Gasteiger partial charge in [-0.15, -0.1) is 0 Å². The van der Waals surface area contributed by atoms with Gasteiger partial charge in [0.25, 0.3) is 0 Å². The van der Waals surface area contributed by atoms with Crippen LogP contribution in [0, 0.1) is 0 Å². The second-order valence-corrected chi connectivity index (χ2v) is 7.51. The number of nitrogens with zero attached hydrogens (tertiary/aromatic N) is 3. The number of aromatic nitrogens is 3. The number of rotatable bonds is 16. The molecule has 2 aromatic carbocycles. The molecule has 0 saturated carbocycles. The van der Waals surface area contributed by atoms with Gasteiger partial charge in [0.05, 0.1) is 40.6 Å². The maximum absolute atomic E-state index is 5.57. The van der Waals surface area contributed by atoms with E-state index in [0.29, 0.717) is 81.7 Å². The van der Waals surface area contributed by atoms with E-state index in [-0.39, 0.29) is 0 Å². The summed E-state index contributed by atoms with van der Waals surface area (Å²) in [4.78, 5) is 13.8. The van der Waals surface area contributed by atoms with E-state index in [2.05, 4.69) is 25.6 Å². The summed E-state index contributed by atoms with van der Waals surface area (Å²) in [6.45, 7) is 3.57. The van der Waals surface area contributed by atoms with Crippen molar-refractivity contribution in [3.05, 3.63) is 65.5 Å². The molecule has 0 amide bonds. The largest absolute Gasteiger partial charge is 0.493 e. The molecule has 0 saturated heterocycles. The van der Waals surface area contributed by atoms with Crippen LogP contribution in [0.15, 0.2) is 48.5 Å². The number of benzene rings is 2.